The molecule has 1 N–H and O–H groups in total. The average molecular weight is 361 g/mol. The molecule has 2 saturated carbocycles. The van der Waals surface area contributed by atoms with E-state index in [-0.39, 0.29) is 0 Å². The molecule has 1 aromatic rings. The van der Waals surface area contributed by atoms with E-state index in [2.05, 4.69) is 32.2 Å². The highest BCUT2D eigenvalue weighted by Crippen LogP contribution is 2.57. The normalized spacial score (nSPS) is 28.7. The SMILES string of the molecule is CCOC1CC(NC(=NC)N2CCN(Cc3ccon3)CC2)C12CCC2. The minimum absolute atomic E-state index is 0.362. The molecular weight excluding hydrogens is 330 g/mol. The molecule has 0 radical (unpaired) electrons. The van der Waals surface area contributed by atoms with Gasteiger partial charge in [0.2, 0.25) is 0 Å². The van der Waals surface area contributed by atoms with Gasteiger partial charge in [0.15, 0.2) is 5.96 Å². The summed E-state index contributed by atoms with van der Waals surface area (Å²) in [7, 11) is 1.90. The van der Waals surface area contributed by atoms with Gasteiger partial charge >= 0.3 is 0 Å². The van der Waals surface area contributed by atoms with Crippen LogP contribution in [-0.2, 0) is 11.3 Å². The summed E-state index contributed by atoms with van der Waals surface area (Å²) in [6.07, 6.45) is 7.11. The van der Waals surface area contributed by atoms with Gasteiger partial charge in [-0.25, -0.2) is 0 Å². The summed E-state index contributed by atoms with van der Waals surface area (Å²) < 4.78 is 10.9. The zero-order valence-electron chi connectivity index (χ0n) is 16.0. The van der Waals surface area contributed by atoms with Crippen molar-refractivity contribution in [1.29, 1.82) is 0 Å². The van der Waals surface area contributed by atoms with E-state index in [1.165, 1.54) is 19.3 Å². The van der Waals surface area contributed by atoms with Gasteiger partial charge in [-0.15, -0.1) is 0 Å². The van der Waals surface area contributed by atoms with Gasteiger partial charge in [-0.2, -0.15) is 0 Å². The van der Waals surface area contributed by atoms with E-state index < -0.39 is 0 Å². The molecule has 2 unspecified atom stereocenters. The second-order valence-electron chi connectivity index (χ2n) is 7.76. The molecular formula is C19H31N5O2. The second-order valence-corrected chi connectivity index (χ2v) is 7.76. The van der Waals surface area contributed by atoms with Crippen molar-refractivity contribution in [2.75, 3.05) is 39.8 Å². The molecule has 144 valence electrons. The number of rotatable bonds is 5. The number of ether oxygens (including phenoxy) is 1. The zero-order valence-corrected chi connectivity index (χ0v) is 16.0. The van der Waals surface area contributed by atoms with Crippen LogP contribution >= 0.6 is 0 Å². The molecule has 0 aromatic carbocycles. The Morgan fingerprint density at radius 2 is 2.19 bits per heavy atom. The van der Waals surface area contributed by atoms with E-state index >= 15 is 0 Å². The number of piperazine rings is 1. The van der Waals surface area contributed by atoms with Crippen LogP contribution in [0.15, 0.2) is 21.8 Å². The Morgan fingerprint density at radius 3 is 2.77 bits per heavy atom. The van der Waals surface area contributed by atoms with Gasteiger partial charge in [-0.3, -0.25) is 9.89 Å². The summed E-state index contributed by atoms with van der Waals surface area (Å²) in [5.41, 5.74) is 1.37. The first-order valence-electron chi connectivity index (χ1n) is 9.96. The van der Waals surface area contributed by atoms with Gasteiger partial charge in [0, 0.05) is 63.9 Å². The molecule has 0 bridgehead atoms. The van der Waals surface area contributed by atoms with Gasteiger partial charge in [-0.1, -0.05) is 11.6 Å². The highest BCUT2D eigenvalue weighted by Gasteiger charge is 2.59. The lowest BCUT2D eigenvalue weighted by atomic mass is 9.51. The molecule has 0 amide bonds. The number of nitrogens with zero attached hydrogens (tertiary/aromatic N) is 4. The molecule has 2 aliphatic carbocycles. The summed E-state index contributed by atoms with van der Waals surface area (Å²) in [5, 5.41) is 7.78. The third-order valence-electron chi connectivity index (χ3n) is 6.50. The molecule has 1 aromatic heterocycles. The highest BCUT2D eigenvalue weighted by atomic mass is 16.5. The summed E-state index contributed by atoms with van der Waals surface area (Å²) in [4.78, 5) is 9.38. The number of guanidine groups is 1. The lowest BCUT2D eigenvalue weighted by Gasteiger charge is -2.61. The van der Waals surface area contributed by atoms with Crippen molar-refractivity contribution in [3.8, 4) is 0 Å². The van der Waals surface area contributed by atoms with E-state index in [9.17, 15) is 0 Å². The smallest absolute Gasteiger partial charge is 0.193 e. The molecule has 7 heteroatoms. The third-order valence-corrected chi connectivity index (χ3v) is 6.50. The van der Waals surface area contributed by atoms with Crippen LogP contribution in [0.5, 0.6) is 0 Å². The van der Waals surface area contributed by atoms with E-state index in [1.54, 1.807) is 6.26 Å². The van der Waals surface area contributed by atoms with Crippen molar-refractivity contribution in [1.82, 2.24) is 20.3 Å². The molecule has 7 nitrogen and oxygen atoms in total. The van der Waals surface area contributed by atoms with Gasteiger partial charge in [0.1, 0.15) is 6.26 Å². The van der Waals surface area contributed by atoms with Crippen LogP contribution < -0.4 is 5.32 Å². The molecule has 2 heterocycles. The van der Waals surface area contributed by atoms with Crippen molar-refractivity contribution < 1.29 is 9.26 Å². The predicted octanol–water partition coefficient (Wildman–Crippen LogP) is 1.72. The van der Waals surface area contributed by atoms with Crippen LogP contribution in [0.1, 0.15) is 38.3 Å². The monoisotopic (exact) mass is 361 g/mol. The van der Waals surface area contributed by atoms with Crippen molar-refractivity contribution in [2.24, 2.45) is 10.4 Å². The number of aromatic nitrogens is 1. The van der Waals surface area contributed by atoms with Gasteiger partial charge < -0.3 is 19.5 Å². The summed E-state index contributed by atoms with van der Waals surface area (Å²) in [5.74, 6) is 1.05. The maximum Gasteiger partial charge on any atom is 0.193 e. The van der Waals surface area contributed by atoms with Crippen molar-refractivity contribution in [3.05, 3.63) is 18.0 Å². The maximum atomic E-state index is 5.98. The van der Waals surface area contributed by atoms with Crippen molar-refractivity contribution in [3.63, 3.8) is 0 Å². The average Bonchev–Trinajstić information content (AvgIpc) is 3.10. The Hall–Kier alpha value is -1.60. The van der Waals surface area contributed by atoms with Crippen LogP contribution in [0.3, 0.4) is 0 Å². The van der Waals surface area contributed by atoms with Gasteiger partial charge in [0.25, 0.3) is 0 Å². The fourth-order valence-corrected chi connectivity index (χ4v) is 4.76. The number of hydrogen-bond acceptors (Lipinski definition) is 5. The minimum Gasteiger partial charge on any atom is -0.378 e. The highest BCUT2D eigenvalue weighted by molar-refractivity contribution is 5.80. The first-order chi connectivity index (χ1) is 12.7. The van der Waals surface area contributed by atoms with Gasteiger partial charge in [0.05, 0.1) is 11.8 Å². The molecule has 2 atom stereocenters. The quantitative estimate of drug-likeness (QED) is 0.636. The van der Waals surface area contributed by atoms with E-state index in [4.69, 9.17) is 9.26 Å². The molecule has 3 fully saturated rings. The molecule has 1 aliphatic heterocycles. The Kier molecular flexibility index (Phi) is 5.18. The van der Waals surface area contributed by atoms with E-state index in [0.717, 1.165) is 57.4 Å². The van der Waals surface area contributed by atoms with Crippen LogP contribution in [0.2, 0.25) is 0 Å². The first kappa shape index (κ1) is 17.8. The van der Waals surface area contributed by atoms with Crippen molar-refractivity contribution >= 4 is 5.96 Å². The standard InChI is InChI=1S/C19H31N5O2/c1-3-25-17-13-16(19(17)6-4-7-19)21-18(20-2)24-10-8-23(9-11-24)14-15-5-12-26-22-15/h5,12,16-17H,3-4,6-11,13-14H2,1-2H3,(H,20,21). The second kappa shape index (κ2) is 7.56. The van der Waals surface area contributed by atoms with Crippen molar-refractivity contribution in [2.45, 2.75) is 51.3 Å². The summed E-state index contributed by atoms with van der Waals surface area (Å²) in [6, 6.07) is 2.45. The maximum absolute atomic E-state index is 5.98. The topological polar surface area (TPSA) is 66.1 Å². The Labute approximate surface area is 155 Å². The van der Waals surface area contributed by atoms with Crippen LogP contribution in [-0.4, -0.2) is 72.9 Å². The number of nitrogens with one attached hydrogen (secondary N) is 1. The molecule has 1 saturated heterocycles. The summed E-state index contributed by atoms with van der Waals surface area (Å²) >= 11 is 0. The van der Waals surface area contributed by atoms with E-state index in [0.29, 0.717) is 17.6 Å². The molecule has 4 rings (SSSR count). The van der Waals surface area contributed by atoms with Crippen LogP contribution in [0, 0.1) is 5.41 Å². The lowest BCUT2D eigenvalue weighted by Crippen LogP contribution is -2.69. The lowest BCUT2D eigenvalue weighted by molar-refractivity contribution is -0.169. The molecule has 1 spiro atoms. The molecule has 3 aliphatic rings. The largest absolute Gasteiger partial charge is 0.378 e. The van der Waals surface area contributed by atoms with Crippen LogP contribution in [0.4, 0.5) is 0 Å². The Balaban J connectivity index is 1.29. The molecule has 26 heavy (non-hydrogen) atoms. The van der Waals surface area contributed by atoms with Crippen LogP contribution in [0.25, 0.3) is 0 Å². The Bertz CT molecular complexity index is 605. The zero-order chi connectivity index (χ0) is 18.0. The minimum atomic E-state index is 0.362. The fourth-order valence-electron chi connectivity index (χ4n) is 4.76. The summed E-state index contributed by atoms with van der Waals surface area (Å²) in [6.45, 7) is 7.80. The third kappa shape index (κ3) is 3.22. The Morgan fingerprint density at radius 1 is 1.38 bits per heavy atom. The fraction of sp³-hybridized carbons (Fsp3) is 0.789. The van der Waals surface area contributed by atoms with E-state index in [1.807, 2.05) is 13.1 Å². The number of hydrogen-bond donors (Lipinski definition) is 1. The predicted molar refractivity (Wildman–Crippen MR) is 100.0 cm³/mol. The first-order valence-corrected chi connectivity index (χ1v) is 9.96. The number of aliphatic imine (C=N–C) groups is 1. The van der Waals surface area contributed by atoms with Gasteiger partial charge in [-0.05, 0) is 26.2 Å².